The molecule has 1 aromatic rings. The molecule has 0 aliphatic carbocycles. The molecular weight excluding hydrogens is 288 g/mol. The van der Waals surface area contributed by atoms with E-state index in [9.17, 15) is 4.79 Å². The molecule has 0 bridgehead atoms. The molecule has 1 fully saturated rings. The first-order valence-corrected chi connectivity index (χ1v) is 7.43. The van der Waals surface area contributed by atoms with Crippen molar-refractivity contribution in [1.29, 1.82) is 0 Å². The second-order valence-electron chi connectivity index (χ2n) is 5.06. The van der Waals surface area contributed by atoms with Gasteiger partial charge in [-0.3, -0.25) is 4.79 Å². The third kappa shape index (κ3) is 5.32. The van der Waals surface area contributed by atoms with Crippen LogP contribution in [0.4, 0.5) is 0 Å². The van der Waals surface area contributed by atoms with Crippen LogP contribution in [-0.2, 0) is 9.53 Å². The first-order valence-electron chi connectivity index (χ1n) is 7.02. The molecule has 0 radical (unpaired) electrons. The van der Waals surface area contributed by atoms with E-state index < -0.39 is 0 Å². The summed E-state index contributed by atoms with van der Waals surface area (Å²) < 4.78 is 10.8. The molecule has 1 heterocycles. The largest absolute Gasteiger partial charge is 0.484 e. The molecule has 6 heteroatoms. The molecule has 1 atom stereocenters. The van der Waals surface area contributed by atoms with Crippen LogP contribution in [0.25, 0.3) is 0 Å². The van der Waals surface area contributed by atoms with Crippen LogP contribution >= 0.6 is 12.2 Å². The molecule has 1 aromatic carbocycles. The Morgan fingerprint density at radius 3 is 2.81 bits per heavy atom. The average molecular weight is 308 g/mol. The Balaban J connectivity index is 1.69. The molecule has 21 heavy (non-hydrogen) atoms. The van der Waals surface area contributed by atoms with E-state index in [1.54, 1.807) is 24.3 Å². The number of amides is 1. The minimum atomic E-state index is -0.126. The molecule has 1 aliphatic heterocycles. The molecule has 114 valence electrons. The van der Waals surface area contributed by atoms with Gasteiger partial charge in [0.2, 0.25) is 0 Å². The molecular formula is C15H20N2O3S. The van der Waals surface area contributed by atoms with Crippen molar-refractivity contribution in [2.45, 2.75) is 12.8 Å². The first kappa shape index (κ1) is 15.7. The number of hydrogen-bond donors (Lipinski definition) is 2. The van der Waals surface area contributed by atoms with Crippen LogP contribution in [0.5, 0.6) is 5.75 Å². The van der Waals surface area contributed by atoms with Gasteiger partial charge >= 0.3 is 0 Å². The van der Waals surface area contributed by atoms with Crippen molar-refractivity contribution in [3.05, 3.63) is 29.8 Å². The Kier molecular flexibility index (Phi) is 5.95. The predicted molar refractivity (Wildman–Crippen MR) is 84.4 cm³/mol. The maximum atomic E-state index is 11.7. The lowest BCUT2D eigenvalue weighted by atomic mass is 10.0. The Morgan fingerprint density at radius 2 is 2.19 bits per heavy atom. The molecule has 2 rings (SSSR count). The summed E-state index contributed by atoms with van der Waals surface area (Å²) in [6.07, 6.45) is 2.16. The lowest BCUT2D eigenvalue weighted by Gasteiger charge is -2.22. The summed E-state index contributed by atoms with van der Waals surface area (Å²) in [4.78, 5) is 12.1. The van der Waals surface area contributed by atoms with Gasteiger partial charge in [-0.15, -0.1) is 0 Å². The van der Waals surface area contributed by atoms with Gasteiger partial charge in [-0.05, 0) is 43.0 Å². The average Bonchev–Trinajstić information content (AvgIpc) is 2.52. The van der Waals surface area contributed by atoms with E-state index in [1.165, 1.54) is 0 Å². The van der Waals surface area contributed by atoms with Crippen LogP contribution in [0.2, 0.25) is 0 Å². The lowest BCUT2D eigenvalue weighted by molar-refractivity contribution is -0.123. The zero-order valence-corrected chi connectivity index (χ0v) is 12.7. The van der Waals surface area contributed by atoms with Crippen LogP contribution < -0.4 is 15.8 Å². The SMILES string of the molecule is NC(=S)c1ccc(OCC(=O)NCC2CCCOC2)cc1. The highest BCUT2D eigenvalue weighted by Crippen LogP contribution is 2.13. The van der Waals surface area contributed by atoms with Crippen molar-refractivity contribution >= 4 is 23.1 Å². The number of carbonyl (C=O) groups is 1. The summed E-state index contributed by atoms with van der Waals surface area (Å²) in [7, 11) is 0. The standard InChI is InChI=1S/C15H20N2O3S/c16-15(21)12-3-5-13(6-4-12)20-10-14(18)17-8-11-2-1-7-19-9-11/h3-6,11H,1-2,7-10H2,(H2,16,21)(H,17,18). The highest BCUT2D eigenvalue weighted by Gasteiger charge is 2.14. The number of carbonyl (C=O) groups excluding carboxylic acids is 1. The minimum Gasteiger partial charge on any atom is -0.484 e. The van der Waals surface area contributed by atoms with Crippen molar-refractivity contribution in [3.8, 4) is 5.75 Å². The summed E-state index contributed by atoms with van der Waals surface area (Å²) >= 11 is 4.87. The van der Waals surface area contributed by atoms with Crippen molar-refractivity contribution in [1.82, 2.24) is 5.32 Å². The number of benzene rings is 1. The Labute approximate surface area is 129 Å². The number of ether oxygens (including phenoxy) is 2. The number of rotatable bonds is 6. The number of nitrogens with two attached hydrogens (primary N) is 1. The van der Waals surface area contributed by atoms with Crippen LogP contribution in [0, 0.1) is 5.92 Å². The molecule has 3 N–H and O–H groups in total. The number of hydrogen-bond acceptors (Lipinski definition) is 4. The van der Waals surface area contributed by atoms with E-state index in [-0.39, 0.29) is 12.5 Å². The zero-order chi connectivity index (χ0) is 15.1. The summed E-state index contributed by atoms with van der Waals surface area (Å²) in [6, 6.07) is 7.04. The van der Waals surface area contributed by atoms with Gasteiger partial charge in [-0.2, -0.15) is 0 Å². The van der Waals surface area contributed by atoms with Gasteiger partial charge in [0.1, 0.15) is 10.7 Å². The van der Waals surface area contributed by atoms with Gasteiger partial charge in [-0.25, -0.2) is 0 Å². The molecule has 0 spiro atoms. The molecule has 1 aliphatic rings. The van der Waals surface area contributed by atoms with Crippen molar-refractivity contribution in [2.75, 3.05) is 26.4 Å². The normalized spacial score (nSPS) is 18.0. The highest BCUT2D eigenvalue weighted by atomic mass is 32.1. The first-order chi connectivity index (χ1) is 10.1. The molecule has 0 aromatic heterocycles. The maximum absolute atomic E-state index is 11.7. The van der Waals surface area contributed by atoms with Crippen molar-refractivity contribution in [2.24, 2.45) is 11.7 Å². The van der Waals surface area contributed by atoms with Crippen LogP contribution in [0.1, 0.15) is 18.4 Å². The lowest BCUT2D eigenvalue weighted by Crippen LogP contribution is -2.35. The summed E-state index contributed by atoms with van der Waals surface area (Å²) in [6.45, 7) is 2.19. The Bertz CT molecular complexity index is 484. The van der Waals surface area contributed by atoms with Gasteiger partial charge in [0.05, 0.1) is 6.61 Å². The smallest absolute Gasteiger partial charge is 0.257 e. The minimum absolute atomic E-state index is 0.00000472. The molecule has 0 saturated carbocycles. The van der Waals surface area contributed by atoms with Gasteiger partial charge in [0, 0.05) is 18.7 Å². The van der Waals surface area contributed by atoms with Gasteiger partial charge in [0.15, 0.2) is 6.61 Å². The number of thiocarbonyl (C=S) groups is 1. The van der Waals surface area contributed by atoms with Gasteiger partial charge < -0.3 is 20.5 Å². The second kappa shape index (κ2) is 7.95. The monoisotopic (exact) mass is 308 g/mol. The summed E-state index contributed by atoms with van der Waals surface area (Å²) in [5, 5.41) is 2.87. The molecule has 1 unspecified atom stereocenters. The summed E-state index contributed by atoms with van der Waals surface area (Å²) in [5.41, 5.74) is 6.29. The van der Waals surface area contributed by atoms with E-state index in [0.717, 1.165) is 31.6 Å². The second-order valence-corrected chi connectivity index (χ2v) is 5.50. The Morgan fingerprint density at radius 1 is 1.43 bits per heavy atom. The third-order valence-electron chi connectivity index (χ3n) is 3.35. The van der Waals surface area contributed by atoms with Crippen molar-refractivity contribution < 1.29 is 14.3 Å². The quantitative estimate of drug-likeness (QED) is 0.774. The van der Waals surface area contributed by atoms with Crippen LogP contribution in [0.3, 0.4) is 0 Å². The summed E-state index contributed by atoms with van der Waals surface area (Å²) in [5.74, 6) is 0.901. The highest BCUT2D eigenvalue weighted by molar-refractivity contribution is 7.80. The van der Waals surface area contributed by atoms with Crippen LogP contribution in [-0.4, -0.2) is 37.3 Å². The maximum Gasteiger partial charge on any atom is 0.257 e. The van der Waals surface area contributed by atoms with E-state index in [4.69, 9.17) is 27.4 Å². The van der Waals surface area contributed by atoms with Crippen molar-refractivity contribution in [3.63, 3.8) is 0 Å². The van der Waals surface area contributed by atoms with Gasteiger partial charge in [0.25, 0.3) is 5.91 Å². The molecule has 1 saturated heterocycles. The fraction of sp³-hybridized carbons (Fsp3) is 0.467. The van der Waals surface area contributed by atoms with Gasteiger partial charge in [-0.1, -0.05) is 12.2 Å². The van der Waals surface area contributed by atoms with E-state index >= 15 is 0 Å². The fourth-order valence-corrected chi connectivity index (χ4v) is 2.28. The topological polar surface area (TPSA) is 73.6 Å². The van der Waals surface area contributed by atoms with E-state index in [1.807, 2.05) is 0 Å². The molecule has 1 amide bonds. The molecule has 5 nitrogen and oxygen atoms in total. The van der Waals surface area contributed by atoms with Crippen LogP contribution in [0.15, 0.2) is 24.3 Å². The van der Waals surface area contributed by atoms with E-state index in [0.29, 0.717) is 23.2 Å². The van der Waals surface area contributed by atoms with E-state index in [2.05, 4.69) is 5.32 Å². The third-order valence-corrected chi connectivity index (χ3v) is 3.59. The number of nitrogens with one attached hydrogen (secondary N) is 1. The fourth-order valence-electron chi connectivity index (χ4n) is 2.14. The predicted octanol–water partition coefficient (Wildman–Crippen LogP) is 1.24. The Hall–Kier alpha value is -1.66. The zero-order valence-electron chi connectivity index (χ0n) is 11.8.